The fourth-order valence-corrected chi connectivity index (χ4v) is 4.52. The van der Waals surface area contributed by atoms with Crippen LogP contribution in [-0.4, -0.2) is 50.0 Å². The number of fused-ring (bicyclic) bond motifs is 1. The maximum atomic E-state index is 12.1. The van der Waals surface area contributed by atoms with Gasteiger partial charge in [-0.2, -0.15) is 15.5 Å². The van der Waals surface area contributed by atoms with Crippen molar-refractivity contribution in [2.75, 3.05) is 13.1 Å². The van der Waals surface area contributed by atoms with E-state index in [0.29, 0.717) is 35.6 Å². The molecule has 9 heteroatoms. The van der Waals surface area contributed by atoms with Gasteiger partial charge in [-0.15, -0.1) is 4.80 Å². The van der Waals surface area contributed by atoms with E-state index in [4.69, 9.17) is 12.7 Å². The predicted molar refractivity (Wildman–Crippen MR) is 120 cm³/mol. The molecule has 5 rings (SSSR count). The Hall–Kier alpha value is -3.61. The SMILES string of the molecule is [2H]C1([2H])OC(=O)c2ccc([C@@H]3CN(Cc4cnn(-c5cc(C)c(C#N)cn5)n4)C[C@H](C)N3)c(C)c21. The zero-order chi connectivity index (χ0) is 24.9. The van der Waals surface area contributed by atoms with Crippen molar-refractivity contribution in [1.29, 1.82) is 5.26 Å². The second kappa shape index (κ2) is 8.39. The van der Waals surface area contributed by atoms with E-state index in [1.165, 1.54) is 11.0 Å². The van der Waals surface area contributed by atoms with Crippen LogP contribution in [0.25, 0.3) is 5.82 Å². The summed E-state index contributed by atoms with van der Waals surface area (Å²) in [7, 11) is 0. The second-order valence-electron chi connectivity index (χ2n) is 8.60. The molecule has 1 N–H and O–H groups in total. The van der Waals surface area contributed by atoms with Gasteiger partial charge >= 0.3 is 5.97 Å². The molecule has 2 atom stereocenters. The van der Waals surface area contributed by atoms with Crippen molar-refractivity contribution in [1.82, 2.24) is 30.2 Å². The van der Waals surface area contributed by atoms with Crippen LogP contribution in [-0.2, 0) is 17.8 Å². The first kappa shape index (κ1) is 18.9. The molecule has 2 aliphatic rings. The number of aromatic nitrogens is 4. The highest BCUT2D eigenvalue weighted by Gasteiger charge is 2.30. The van der Waals surface area contributed by atoms with E-state index in [0.717, 1.165) is 28.9 Å². The van der Waals surface area contributed by atoms with Crippen LogP contribution in [0.15, 0.2) is 30.6 Å². The summed E-state index contributed by atoms with van der Waals surface area (Å²) in [6.45, 7) is 5.76. The predicted octanol–water partition coefficient (Wildman–Crippen LogP) is 2.36. The number of nitrogens with zero attached hydrogens (tertiary/aromatic N) is 6. The van der Waals surface area contributed by atoms with E-state index in [1.54, 1.807) is 18.3 Å². The summed E-state index contributed by atoms with van der Waals surface area (Å²) < 4.78 is 21.2. The van der Waals surface area contributed by atoms with E-state index in [2.05, 4.69) is 38.4 Å². The minimum absolute atomic E-state index is 0.0477. The van der Waals surface area contributed by atoms with Gasteiger partial charge in [-0.25, -0.2) is 9.78 Å². The van der Waals surface area contributed by atoms with Crippen molar-refractivity contribution >= 4 is 5.97 Å². The van der Waals surface area contributed by atoms with Crippen LogP contribution in [0.5, 0.6) is 0 Å². The van der Waals surface area contributed by atoms with E-state index in [-0.39, 0.29) is 12.1 Å². The summed E-state index contributed by atoms with van der Waals surface area (Å²) in [4.78, 5) is 20.1. The molecule has 9 nitrogen and oxygen atoms in total. The number of piperazine rings is 1. The van der Waals surface area contributed by atoms with Crippen molar-refractivity contribution in [3.8, 4) is 11.9 Å². The third-order valence-corrected chi connectivity index (χ3v) is 6.15. The highest BCUT2D eigenvalue weighted by atomic mass is 16.5. The molecule has 0 radical (unpaired) electrons. The summed E-state index contributed by atoms with van der Waals surface area (Å²) in [5, 5.41) is 21.6. The molecule has 0 unspecified atom stereocenters. The number of aryl methyl sites for hydroxylation is 1. The van der Waals surface area contributed by atoms with Gasteiger partial charge in [0.2, 0.25) is 0 Å². The zero-order valence-electron chi connectivity index (χ0n) is 20.7. The topological polar surface area (TPSA) is 109 Å². The van der Waals surface area contributed by atoms with Crippen LogP contribution < -0.4 is 5.32 Å². The lowest BCUT2D eigenvalue weighted by Gasteiger charge is -2.38. The molecule has 2 aliphatic heterocycles. The molecule has 0 saturated carbocycles. The zero-order valence-corrected chi connectivity index (χ0v) is 18.7. The van der Waals surface area contributed by atoms with Crippen LogP contribution in [0.1, 0.15) is 59.6 Å². The van der Waals surface area contributed by atoms with Gasteiger partial charge in [0.05, 0.1) is 25.8 Å². The van der Waals surface area contributed by atoms with Gasteiger partial charge in [0, 0.05) is 43.5 Å². The maximum absolute atomic E-state index is 12.1. The Morgan fingerprint density at radius 3 is 2.97 bits per heavy atom. The number of esters is 1. The normalized spacial score (nSPS) is 22.8. The van der Waals surface area contributed by atoms with Gasteiger partial charge in [0.15, 0.2) is 5.82 Å². The van der Waals surface area contributed by atoms with Crippen LogP contribution in [0.2, 0.25) is 0 Å². The number of nitriles is 1. The molecule has 3 aromatic rings. The first-order valence-electron chi connectivity index (χ1n) is 11.8. The lowest BCUT2D eigenvalue weighted by atomic mass is 9.92. The average molecular weight is 446 g/mol. The molecular weight excluding hydrogens is 418 g/mol. The molecular formula is C24H25N7O2. The number of hydrogen-bond donors (Lipinski definition) is 1. The second-order valence-corrected chi connectivity index (χ2v) is 8.60. The van der Waals surface area contributed by atoms with Gasteiger partial charge in [-0.1, -0.05) is 6.07 Å². The van der Waals surface area contributed by atoms with Crippen molar-refractivity contribution in [2.45, 2.75) is 46.0 Å². The minimum atomic E-state index is -2.12. The standard InChI is InChI=1S/C24H25N7O2/c1-14-6-23(26-8-17(14)7-25)31-27-9-18(29-31)11-30-10-15(2)28-22(12-30)19-4-5-20-21(16(19)3)13-33-24(20)32/h4-6,8-9,15,22,28H,10-13H2,1-3H3/t15-,22-/m0/s1/i13D2. The maximum Gasteiger partial charge on any atom is 0.338 e. The lowest BCUT2D eigenvalue weighted by Crippen LogP contribution is -2.50. The number of nitrogens with one attached hydrogen (secondary N) is 1. The molecule has 0 amide bonds. The van der Waals surface area contributed by atoms with Gasteiger partial charge in [-0.05, 0) is 49.6 Å². The van der Waals surface area contributed by atoms with E-state index in [9.17, 15) is 4.79 Å². The Labute approximate surface area is 194 Å². The molecule has 1 fully saturated rings. The quantitative estimate of drug-likeness (QED) is 0.610. The van der Waals surface area contributed by atoms with Crippen LogP contribution in [0.4, 0.5) is 0 Å². The Morgan fingerprint density at radius 1 is 1.33 bits per heavy atom. The van der Waals surface area contributed by atoms with Crippen molar-refractivity contribution in [2.24, 2.45) is 0 Å². The third-order valence-electron chi connectivity index (χ3n) is 6.15. The summed E-state index contributed by atoms with van der Waals surface area (Å²) in [5.41, 5.74) is 4.42. The molecule has 4 heterocycles. The first-order chi connectivity index (χ1) is 16.7. The van der Waals surface area contributed by atoms with Crippen LogP contribution >= 0.6 is 0 Å². The molecule has 168 valence electrons. The van der Waals surface area contributed by atoms with Crippen molar-refractivity contribution < 1.29 is 12.3 Å². The first-order valence-corrected chi connectivity index (χ1v) is 10.8. The van der Waals surface area contributed by atoms with E-state index in [1.807, 2.05) is 19.9 Å². The number of ether oxygens (including phenoxy) is 1. The fraction of sp³-hybridized carbons (Fsp3) is 0.375. The lowest BCUT2D eigenvalue weighted by molar-refractivity contribution is 0.0535. The van der Waals surface area contributed by atoms with Crippen molar-refractivity contribution in [3.63, 3.8) is 0 Å². The number of pyridine rings is 1. The Kier molecular flexibility index (Phi) is 4.81. The van der Waals surface area contributed by atoms with Crippen molar-refractivity contribution in [3.05, 3.63) is 69.7 Å². The number of cyclic esters (lactones) is 1. The molecule has 0 aliphatic carbocycles. The Bertz CT molecular complexity index is 1360. The summed E-state index contributed by atoms with van der Waals surface area (Å²) in [6, 6.07) is 7.59. The molecule has 0 bridgehead atoms. The van der Waals surface area contributed by atoms with Gasteiger partial charge < -0.3 is 10.1 Å². The molecule has 1 aromatic carbocycles. The number of rotatable bonds is 4. The highest BCUT2D eigenvalue weighted by Crippen LogP contribution is 2.31. The van der Waals surface area contributed by atoms with E-state index >= 15 is 0 Å². The number of benzene rings is 1. The minimum Gasteiger partial charge on any atom is -0.457 e. The summed E-state index contributed by atoms with van der Waals surface area (Å²) in [6.07, 6.45) is 3.24. The summed E-state index contributed by atoms with van der Waals surface area (Å²) in [5.74, 6) is -0.0691. The van der Waals surface area contributed by atoms with Gasteiger partial charge in [-0.3, -0.25) is 4.90 Å². The molecule has 1 saturated heterocycles. The molecule has 0 spiro atoms. The monoisotopic (exact) mass is 445 g/mol. The van der Waals surface area contributed by atoms with Gasteiger partial charge in [0.1, 0.15) is 12.6 Å². The summed E-state index contributed by atoms with van der Waals surface area (Å²) >= 11 is 0. The fourth-order valence-electron chi connectivity index (χ4n) is 4.52. The number of carbonyl (C=O) groups excluding carboxylic acids is 1. The molecule has 33 heavy (non-hydrogen) atoms. The van der Waals surface area contributed by atoms with Gasteiger partial charge in [0.25, 0.3) is 0 Å². The largest absolute Gasteiger partial charge is 0.457 e. The Balaban J connectivity index is 1.36. The smallest absolute Gasteiger partial charge is 0.338 e. The van der Waals surface area contributed by atoms with Crippen LogP contribution in [0.3, 0.4) is 0 Å². The van der Waals surface area contributed by atoms with Crippen LogP contribution in [0, 0.1) is 25.2 Å². The average Bonchev–Trinajstić information content (AvgIpc) is 3.35. The number of carbonyl (C=O) groups is 1. The van der Waals surface area contributed by atoms with E-state index < -0.39 is 12.5 Å². The third kappa shape index (κ3) is 3.99. The number of hydrogen-bond acceptors (Lipinski definition) is 8. The molecule has 2 aromatic heterocycles. The Morgan fingerprint density at radius 2 is 2.18 bits per heavy atom. The highest BCUT2D eigenvalue weighted by molar-refractivity contribution is 5.94.